The fourth-order valence-corrected chi connectivity index (χ4v) is 3.92. The minimum atomic E-state index is -0.564. The SMILES string of the molecule is CN(C)C(=O)[C@]1(C2C=CC(Cl)=C(Cl)C2)CC[C@](C)(N=O)CC1. The highest BCUT2D eigenvalue weighted by atomic mass is 35.5. The minimum Gasteiger partial charge on any atom is -0.348 e. The fraction of sp³-hybridized carbons (Fsp3) is 0.688. The first kappa shape index (κ1) is 17.5. The van der Waals surface area contributed by atoms with E-state index in [1.807, 2.05) is 13.0 Å². The highest BCUT2D eigenvalue weighted by Gasteiger charge is 2.51. The second-order valence-corrected chi connectivity index (χ2v) is 7.73. The van der Waals surface area contributed by atoms with Gasteiger partial charge >= 0.3 is 0 Å². The Kier molecular flexibility index (Phi) is 5.03. The molecule has 1 atom stereocenters. The van der Waals surface area contributed by atoms with Crippen molar-refractivity contribution < 1.29 is 4.79 Å². The molecule has 0 N–H and O–H groups in total. The van der Waals surface area contributed by atoms with Gasteiger partial charge in [0.2, 0.25) is 5.91 Å². The summed E-state index contributed by atoms with van der Waals surface area (Å²) in [5.41, 5.74) is -1.09. The van der Waals surface area contributed by atoms with E-state index in [2.05, 4.69) is 5.18 Å². The van der Waals surface area contributed by atoms with Crippen LogP contribution in [0.5, 0.6) is 0 Å². The summed E-state index contributed by atoms with van der Waals surface area (Å²) in [7, 11) is 3.54. The van der Waals surface area contributed by atoms with Crippen LogP contribution in [0.4, 0.5) is 0 Å². The van der Waals surface area contributed by atoms with E-state index in [4.69, 9.17) is 23.2 Å². The minimum absolute atomic E-state index is 0.00796. The maximum Gasteiger partial charge on any atom is 0.228 e. The van der Waals surface area contributed by atoms with Gasteiger partial charge in [0.1, 0.15) is 0 Å². The third-order valence-corrected chi connectivity index (χ3v) is 5.92. The second kappa shape index (κ2) is 6.32. The fourth-order valence-electron chi connectivity index (χ4n) is 3.54. The van der Waals surface area contributed by atoms with Crippen LogP contribution in [-0.2, 0) is 4.79 Å². The molecule has 22 heavy (non-hydrogen) atoms. The van der Waals surface area contributed by atoms with Gasteiger partial charge in [-0.1, -0.05) is 34.5 Å². The molecule has 2 aliphatic rings. The van der Waals surface area contributed by atoms with Crippen LogP contribution >= 0.6 is 23.2 Å². The van der Waals surface area contributed by atoms with Gasteiger partial charge < -0.3 is 4.90 Å². The van der Waals surface area contributed by atoms with Gasteiger partial charge in [0.15, 0.2) is 0 Å². The lowest BCUT2D eigenvalue weighted by molar-refractivity contribution is -0.145. The molecule has 1 amide bonds. The molecular formula is C16H22Cl2N2O2. The monoisotopic (exact) mass is 344 g/mol. The van der Waals surface area contributed by atoms with Crippen molar-refractivity contribution in [2.75, 3.05) is 14.1 Å². The van der Waals surface area contributed by atoms with Crippen LogP contribution in [0.1, 0.15) is 39.0 Å². The molecule has 1 saturated carbocycles. The van der Waals surface area contributed by atoms with E-state index in [-0.39, 0.29) is 11.8 Å². The molecule has 0 heterocycles. The van der Waals surface area contributed by atoms with Crippen molar-refractivity contribution in [1.82, 2.24) is 4.90 Å². The molecule has 0 spiro atoms. The summed E-state index contributed by atoms with van der Waals surface area (Å²) < 4.78 is 0. The van der Waals surface area contributed by atoms with Crippen molar-refractivity contribution in [2.24, 2.45) is 16.5 Å². The Hall–Kier alpha value is -0.870. The molecule has 0 saturated heterocycles. The molecule has 0 aromatic heterocycles. The van der Waals surface area contributed by atoms with Gasteiger partial charge in [0.05, 0.1) is 16.0 Å². The van der Waals surface area contributed by atoms with Gasteiger partial charge in [-0.3, -0.25) is 4.79 Å². The van der Waals surface area contributed by atoms with Gasteiger partial charge in [0.25, 0.3) is 0 Å². The summed E-state index contributed by atoms with van der Waals surface area (Å²) in [6, 6.07) is 0. The van der Waals surface area contributed by atoms with E-state index < -0.39 is 11.0 Å². The van der Waals surface area contributed by atoms with E-state index in [9.17, 15) is 9.70 Å². The zero-order chi connectivity index (χ0) is 16.5. The smallest absolute Gasteiger partial charge is 0.228 e. The predicted molar refractivity (Wildman–Crippen MR) is 89.8 cm³/mol. The highest BCUT2D eigenvalue weighted by Crippen LogP contribution is 2.51. The normalized spacial score (nSPS) is 35.4. The Labute approximate surface area is 141 Å². The van der Waals surface area contributed by atoms with Gasteiger partial charge in [-0.25, -0.2) is 0 Å². The number of nitrogens with zero attached hydrogens (tertiary/aromatic N) is 2. The average Bonchev–Trinajstić information content (AvgIpc) is 2.50. The van der Waals surface area contributed by atoms with Crippen LogP contribution < -0.4 is 0 Å². The Morgan fingerprint density at radius 3 is 2.32 bits per heavy atom. The molecule has 1 fully saturated rings. The topological polar surface area (TPSA) is 49.7 Å². The maximum absolute atomic E-state index is 12.9. The van der Waals surface area contributed by atoms with E-state index in [1.165, 1.54) is 0 Å². The quantitative estimate of drug-likeness (QED) is 0.711. The van der Waals surface area contributed by atoms with Crippen molar-refractivity contribution in [1.29, 1.82) is 0 Å². The van der Waals surface area contributed by atoms with E-state index in [0.717, 1.165) is 0 Å². The first-order valence-corrected chi connectivity index (χ1v) is 8.28. The molecule has 122 valence electrons. The maximum atomic E-state index is 12.9. The average molecular weight is 345 g/mol. The first-order chi connectivity index (χ1) is 10.2. The van der Waals surface area contributed by atoms with Crippen molar-refractivity contribution in [2.45, 2.75) is 44.6 Å². The van der Waals surface area contributed by atoms with Crippen molar-refractivity contribution in [3.05, 3.63) is 27.1 Å². The van der Waals surface area contributed by atoms with Crippen LogP contribution in [0.15, 0.2) is 27.4 Å². The third-order valence-electron chi connectivity index (χ3n) is 5.11. The van der Waals surface area contributed by atoms with Gasteiger partial charge in [-0.15, -0.1) is 0 Å². The van der Waals surface area contributed by atoms with Crippen LogP contribution in [-0.4, -0.2) is 30.4 Å². The van der Waals surface area contributed by atoms with E-state index >= 15 is 0 Å². The molecule has 0 bridgehead atoms. The molecule has 0 aromatic rings. The lowest BCUT2D eigenvalue weighted by atomic mass is 9.60. The first-order valence-electron chi connectivity index (χ1n) is 7.53. The molecule has 6 heteroatoms. The van der Waals surface area contributed by atoms with Crippen LogP contribution in [0.3, 0.4) is 0 Å². The van der Waals surface area contributed by atoms with Crippen molar-refractivity contribution >= 4 is 29.1 Å². The zero-order valence-electron chi connectivity index (χ0n) is 13.2. The van der Waals surface area contributed by atoms with Gasteiger partial charge in [-0.05, 0) is 51.0 Å². The molecule has 1 unspecified atom stereocenters. The molecule has 0 aliphatic heterocycles. The van der Waals surface area contributed by atoms with Crippen LogP contribution in [0.2, 0.25) is 0 Å². The molecule has 4 nitrogen and oxygen atoms in total. The molecule has 2 aliphatic carbocycles. The standard InChI is InChI=1S/C16H22Cl2N2O2/c1-15(19-22)6-8-16(9-7-15,14(21)20(2)3)11-4-5-12(17)13(18)10-11/h4-5,11H,6-10H2,1-3H3/t11?,15-,16+. The van der Waals surface area contributed by atoms with Crippen molar-refractivity contribution in [3.8, 4) is 0 Å². The van der Waals surface area contributed by atoms with Crippen LogP contribution in [0, 0.1) is 16.2 Å². The van der Waals surface area contributed by atoms with E-state index in [1.54, 1.807) is 25.1 Å². The number of hydrogen-bond acceptors (Lipinski definition) is 3. The predicted octanol–water partition coefficient (Wildman–Crippen LogP) is 4.43. The molecule has 2 rings (SSSR count). The number of hydrogen-bond donors (Lipinski definition) is 0. The van der Waals surface area contributed by atoms with Crippen LogP contribution in [0.25, 0.3) is 0 Å². The lowest BCUT2D eigenvalue weighted by Crippen LogP contribution is -2.49. The number of rotatable bonds is 3. The number of carbonyl (C=O) groups is 1. The summed E-state index contributed by atoms with van der Waals surface area (Å²) in [6.45, 7) is 1.87. The van der Waals surface area contributed by atoms with E-state index in [0.29, 0.717) is 42.2 Å². The Morgan fingerprint density at radius 1 is 1.27 bits per heavy atom. The second-order valence-electron chi connectivity index (χ2n) is 6.87. The molecule has 0 aromatic carbocycles. The summed E-state index contributed by atoms with van der Waals surface area (Å²) in [4.78, 5) is 25.6. The van der Waals surface area contributed by atoms with Gasteiger partial charge in [0, 0.05) is 19.1 Å². The highest BCUT2D eigenvalue weighted by molar-refractivity contribution is 6.40. The Morgan fingerprint density at radius 2 is 1.86 bits per heavy atom. The lowest BCUT2D eigenvalue weighted by Gasteiger charge is -2.46. The summed E-state index contributed by atoms with van der Waals surface area (Å²) in [6.07, 6.45) is 6.87. The Balaban J connectivity index is 2.32. The van der Waals surface area contributed by atoms with Crippen molar-refractivity contribution in [3.63, 3.8) is 0 Å². The number of nitroso groups, excluding NO2 is 1. The third kappa shape index (κ3) is 3.09. The number of amides is 1. The zero-order valence-corrected chi connectivity index (χ0v) is 14.7. The molecular weight excluding hydrogens is 323 g/mol. The largest absolute Gasteiger partial charge is 0.348 e. The molecule has 0 radical (unpaired) electrons. The number of allylic oxidation sites excluding steroid dienone is 4. The summed E-state index contributed by atoms with van der Waals surface area (Å²) >= 11 is 12.2. The summed E-state index contributed by atoms with van der Waals surface area (Å²) in [5.74, 6) is 0.103. The van der Waals surface area contributed by atoms with Gasteiger partial charge in [-0.2, -0.15) is 4.91 Å². The number of carbonyl (C=O) groups excluding carboxylic acids is 1. The summed E-state index contributed by atoms with van der Waals surface area (Å²) in [5, 5.41) is 4.41. The number of halogens is 2. The Bertz CT molecular complexity index is 532.